The fraction of sp³-hybridized carbons (Fsp3) is 0.333. The minimum atomic E-state index is -0.252. The highest BCUT2D eigenvalue weighted by atomic mass is 16.3. The Bertz CT molecular complexity index is 810. The van der Waals surface area contributed by atoms with Gasteiger partial charge in [0.1, 0.15) is 0 Å². The van der Waals surface area contributed by atoms with Crippen LogP contribution in [0, 0.1) is 24.2 Å². The summed E-state index contributed by atoms with van der Waals surface area (Å²) in [6.45, 7) is 2.27. The summed E-state index contributed by atoms with van der Waals surface area (Å²) < 4.78 is 0. The number of aliphatic hydroxyl groups is 1. The summed E-state index contributed by atoms with van der Waals surface area (Å²) in [7, 11) is 0. The van der Waals surface area contributed by atoms with Gasteiger partial charge < -0.3 is 15.3 Å². The molecule has 1 unspecified atom stereocenters. The van der Waals surface area contributed by atoms with Gasteiger partial charge in [0, 0.05) is 12.2 Å². The highest BCUT2D eigenvalue weighted by Crippen LogP contribution is 2.36. The predicted octanol–water partition coefficient (Wildman–Crippen LogP) is 3.67. The second-order valence-electron chi connectivity index (χ2n) is 6.77. The maximum absolute atomic E-state index is 13.0. The van der Waals surface area contributed by atoms with Gasteiger partial charge in [0.2, 0.25) is 0 Å². The smallest absolute Gasteiger partial charge is 0.322 e. The second-order valence-corrected chi connectivity index (χ2v) is 6.77. The van der Waals surface area contributed by atoms with Gasteiger partial charge in [-0.05, 0) is 48.9 Å². The number of benzene rings is 2. The van der Waals surface area contributed by atoms with Gasteiger partial charge in [-0.2, -0.15) is 5.26 Å². The van der Waals surface area contributed by atoms with Gasteiger partial charge in [-0.3, -0.25) is 0 Å². The number of aryl methyl sites for hydroxylation is 1. The van der Waals surface area contributed by atoms with E-state index in [0.717, 1.165) is 24.0 Å². The summed E-state index contributed by atoms with van der Waals surface area (Å²) in [6.07, 6.45) is 2.07. The van der Waals surface area contributed by atoms with Gasteiger partial charge in [0.25, 0.3) is 0 Å². The first-order valence-corrected chi connectivity index (χ1v) is 8.85. The van der Waals surface area contributed by atoms with Gasteiger partial charge in [-0.25, -0.2) is 4.79 Å². The van der Waals surface area contributed by atoms with E-state index in [1.807, 2.05) is 43.3 Å². The lowest BCUT2D eigenvalue weighted by molar-refractivity contribution is 0.124. The number of carbonyl (C=O) groups excluding carboxylic acids is 1. The molecule has 0 saturated heterocycles. The lowest BCUT2D eigenvalue weighted by atomic mass is 10.1. The molecule has 2 aromatic rings. The van der Waals surface area contributed by atoms with Crippen LogP contribution in [0.2, 0.25) is 0 Å². The molecule has 0 heterocycles. The Morgan fingerprint density at radius 1 is 1.31 bits per heavy atom. The number of anilines is 1. The average Bonchev–Trinajstić information content (AvgIpc) is 3.49. The van der Waals surface area contributed by atoms with Gasteiger partial charge in [-0.15, -0.1) is 0 Å². The quantitative estimate of drug-likeness (QED) is 0.835. The Morgan fingerprint density at radius 3 is 2.65 bits per heavy atom. The minimum Gasteiger partial charge on any atom is -0.394 e. The van der Waals surface area contributed by atoms with E-state index in [1.54, 1.807) is 17.0 Å². The van der Waals surface area contributed by atoms with E-state index < -0.39 is 0 Å². The van der Waals surface area contributed by atoms with Gasteiger partial charge in [0.15, 0.2) is 0 Å². The van der Waals surface area contributed by atoms with Crippen LogP contribution in [0.15, 0.2) is 48.5 Å². The molecule has 2 aromatic carbocycles. The Hall–Kier alpha value is -2.84. The largest absolute Gasteiger partial charge is 0.394 e. The minimum absolute atomic E-state index is 0.0534. The topological polar surface area (TPSA) is 76.4 Å². The molecule has 1 saturated carbocycles. The lowest BCUT2D eigenvalue weighted by Crippen LogP contribution is -2.45. The van der Waals surface area contributed by atoms with E-state index in [0.29, 0.717) is 23.7 Å². The third-order valence-corrected chi connectivity index (χ3v) is 4.82. The fourth-order valence-corrected chi connectivity index (χ4v) is 3.12. The number of hydrogen-bond donors (Lipinski definition) is 2. The Kier molecular flexibility index (Phi) is 5.55. The van der Waals surface area contributed by atoms with Crippen molar-refractivity contribution in [3.63, 3.8) is 0 Å². The molecule has 0 aromatic heterocycles. The van der Waals surface area contributed by atoms with E-state index in [1.165, 1.54) is 0 Å². The molecule has 1 atom stereocenters. The van der Waals surface area contributed by atoms with Crippen LogP contribution >= 0.6 is 0 Å². The third kappa shape index (κ3) is 4.22. The third-order valence-electron chi connectivity index (χ3n) is 4.82. The van der Waals surface area contributed by atoms with Crippen molar-refractivity contribution in [3.8, 4) is 6.07 Å². The van der Waals surface area contributed by atoms with E-state index in [4.69, 9.17) is 5.26 Å². The summed E-state index contributed by atoms with van der Waals surface area (Å²) in [5.41, 5.74) is 3.04. The number of aliphatic hydroxyl groups excluding tert-OH is 1. The van der Waals surface area contributed by atoms with Gasteiger partial charge >= 0.3 is 6.03 Å². The second kappa shape index (κ2) is 8.03. The summed E-state index contributed by atoms with van der Waals surface area (Å²) in [4.78, 5) is 14.7. The molecule has 3 rings (SSSR count). The fourth-order valence-electron chi connectivity index (χ4n) is 3.12. The molecule has 1 fully saturated rings. The van der Waals surface area contributed by atoms with Crippen molar-refractivity contribution in [1.82, 2.24) is 4.90 Å². The predicted molar refractivity (Wildman–Crippen MR) is 100 cm³/mol. The Morgan fingerprint density at radius 2 is 2.04 bits per heavy atom. The van der Waals surface area contributed by atoms with Crippen LogP contribution < -0.4 is 5.32 Å². The number of nitrogens with zero attached hydrogens (tertiary/aromatic N) is 2. The number of nitrogens with one attached hydrogen (secondary N) is 1. The average molecular weight is 349 g/mol. The first-order valence-electron chi connectivity index (χ1n) is 8.85. The maximum atomic E-state index is 13.0. The molecular weight excluding hydrogens is 326 g/mol. The lowest BCUT2D eigenvalue weighted by Gasteiger charge is -2.31. The highest BCUT2D eigenvalue weighted by Gasteiger charge is 2.37. The van der Waals surface area contributed by atoms with Crippen molar-refractivity contribution in [1.29, 1.82) is 5.26 Å². The number of carbonyl (C=O) groups is 1. The standard InChI is InChI=1S/C21H23N3O2/c1-15-7-8-17(12-22)11-19(15)23-21(26)24(20(14-25)18-9-10-18)13-16-5-3-2-4-6-16/h2-8,11,18,20,25H,9-10,13-14H2,1H3,(H,23,26). The molecule has 0 radical (unpaired) electrons. The monoisotopic (exact) mass is 349 g/mol. The maximum Gasteiger partial charge on any atom is 0.322 e. The molecule has 2 N–H and O–H groups in total. The molecule has 26 heavy (non-hydrogen) atoms. The van der Waals surface area contributed by atoms with Crippen LogP contribution in [0.1, 0.15) is 29.5 Å². The molecule has 0 aliphatic heterocycles. The van der Waals surface area contributed by atoms with Crippen molar-refractivity contribution in [2.75, 3.05) is 11.9 Å². The number of amides is 2. The van der Waals surface area contributed by atoms with Crippen molar-refractivity contribution in [2.45, 2.75) is 32.4 Å². The van der Waals surface area contributed by atoms with Crippen molar-refractivity contribution in [2.24, 2.45) is 5.92 Å². The number of nitriles is 1. The van der Waals surface area contributed by atoms with Crippen LogP contribution in [0.3, 0.4) is 0 Å². The SMILES string of the molecule is Cc1ccc(C#N)cc1NC(=O)N(Cc1ccccc1)C(CO)C1CC1. The van der Waals surface area contributed by atoms with E-state index >= 15 is 0 Å². The van der Waals surface area contributed by atoms with Crippen LogP contribution in [0.5, 0.6) is 0 Å². The van der Waals surface area contributed by atoms with Crippen molar-refractivity contribution >= 4 is 11.7 Å². The zero-order chi connectivity index (χ0) is 18.5. The van der Waals surface area contributed by atoms with Crippen LogP contribution in [0.25, 0.3) is 0 Å². The summed E-state index contributed by atoms with van der Waals surface area (Å²) in [5, 5.41) is 21.9. The van der Waals surface area contributed by atoms with Crippen LogP contribution in [-0.2, 0) is 6.54 Å². The van der Waals surface area contributed by atoms with E-state index in [-0.39, 0.29) is 18.7 Å². The summed E-state index contributed by atoms with van der Waals surface area (Å²) in [6, 6.07) is 16.6. The summed E-state index contributed by atoms with van der Waals surface area (Å²) >= 11 is 0. The molecule has 1 aliphatic carbocycles. The molecule has 5 nitrogen and oxygen atoms in total. The van der Waals surface area contributed by atoms with Gasteiger partial charge in [-0.1, -0.05) is 36.4 Å². The molecule has 1 aliphatic rings. The van der Waals surface area contributed by atoms with Gasteiger partial charge in [0.05, 0.1) is 24.3 Å². The molecule has 2 amide bonds. The molecule has 0 spiro atoms. The first kappa shape index (κ1) is 18.0. The number of rotatable bonds is 6. The zero-order valence-electron chi connectivity index (χ0n) is 14.9. The number of urea groups is 1. The molecule has 5 heteroatoms. The normalized spacial score (nSPS) is 14.3. The van der Waals surface area contributed by atoms with Crippen LogP contribution in [0.4, 0.5) is 10.5 Å². The van der Waals surface area contributed by atoms with Crippen LogP contribution in [-0.4, -0.2) is 28.7 Å². The van der Waals surface area contributed by atoms with E-state index in [9.17, 15) is 9.90 Å². The Balaban J connectivity index is 1.83. The van der Waals surface area contributed by atoms with E-state index in [2.05, 4.69) is 11.4 Å². The molecule has 134 valence electrons. The number of hydrogen-bond acceptors (Lipinski definition) is 3. The van der Waals surface area contributed by atoms with Crippen molar-refractivity contribution < 1.29 is 9.90 Å². The summed E-state index contributed by atoms with van der Waals surface area (Å²) in [5.74, 6) is 0.348. The molecular formula is C21H23N3O2. The molecule has 0 bridgehead atoms. The zero-order valence-corrected chi connectivity index (χ0v) is 14.9. The van der Waals surface area contributed by atoms with Crippen molar-refractivity contribution in [3.05, 3.63) is 65.2 Å². The highest BCUT2D eigenvalue weighted by molar-refractivity contribution is 5.90. The first-order chi connectivity index (χ1) is 12.6. The Labute approximate surface area is 153 Å².